The summed E-state index contributed by atoms with van der Waals surface area (Å²) in [7, 11) is 0. The molecule has 1 aromatic rings. The molecule has 2 atom stereocenters. The Hall–Kier alpha value is -2.12. The van der Waals surface area contributed by atoms with Crippen LogP contribution >= 0.6 is 0 Å². The minimum Gasteiger partial charge on any atom is -0.491 e. The van der Waals surface area contributed by atoms with Crippen molar-refractivity contribution in [3.63, 3.8) is 0 Å². The molecule has 176 valence electrons. The minimum absolute atomic E-state index is 0.115. The van der Waals surface area contributed by atoms with Gasteiger partial charge >= 0.3 is 0 Å². The molecule has 2 heterocycles. The Morgan fingerprint density at radius 1 is 0.938 bits per heavy atom. The highest BCUT2D eigenvalue weighted by Crippen LogP contribution is 2.39. The number of likely N-dealkylation sites (tertiary alicyclic amines) is 1. The zero-order valence-corrected chi connectivity index (χ0v) is 19.0. The number of nitrogens with zero attached hydrogens (tertiary/aromatic N) is 1. The van der Waals surface area contributed by atoms with Crippen molar-refractivity contribution >= 4 is 11.8 Å². The zero-order valence-electron chi connectivity index (χ0n) is 19.0. The molecule has 1 saturated heterocycles. The molecule has 2 fully saturated rings. The predicted octanol–water partition coefficient (Wildman–Crippen LogP) is 2.48. The second-order valence-corrected chi connectivity index (χ2v) is 9.55. The maximum Gasteiger partial charge on any atom is 0.255 e. The van der Waals surface area contributed by atoms with Crippen LogP contribution in [0.2, 0.25) is 0 Å². The van der Waals surface area contributed by atoms with Crippen LogP contribution < -0.4 is 15.4 Å². The smallest absolute Gasteiger partial charge is 0.255 e. The van der Waals surface area contributed by atoms with E-state index in [-0.39, 0.29) is 29.4 Å². The van der Waals surface area contributed by atoms with Crippen molar-refractivity contribution in [2.75, 3.05) is 32.8 Å². The van der Waals surface area contributed by atoms with E-state index in [0.29, 0.717) is 31.0 Å². The molecule has 1 saturated carbocycles. The maximum atomic E-state index is 13.3. The molecule has 2 aliphatic heterocycles. The summed E-state index contributed by atoms with van der Waals surface area (Å²) < 4.78 is 5.82. The Bertz CT molecular complexity index is 791. The number of carbonyl (C=O) groups excluding carboxylic acids is 2. The van der Waals surface area contributed by atoms with Gasteiger partial charge in [-0.05, 0) is 63.7 Å². The van der Waals surface area contributed by atoms with Gasteiger partial charge in [-0.2, -0.15) is 0 Å². The largest absolute Gasteiger partial charge is 0.491 e. The van der Waals surface area contributed by atoms with Gasteiger partial charge in [0.25, 0.3) is 5.91 Å². The van der Waals surface area contributed by atoms with Crippen LogP contribution in [0.1, 0.15) is 68.1 Å². The van der Waals surface area contributed by atoms with Crippen molar-refractivity contribution in [1.82, 2.24) is 15.5 Å². The summed E-state index contributed by atoms with van der Waals surface area (Å²) in [6.45, 7) is 3.05. The van der Waals surface area contributed by atoms with Crippen molar-refractivity contribution in [3.05, 3.63) is 29.8 Å². The van der Waals surface area contributed by atoms with E-state index >= 15 is 0 Å². The summed E-state index contributed by atoms with van der Waals surface area (Å²) in [5.74, 6) is 0.556. The van der Waals surface area contributed by atoms with E-state index in [1.807, 2.05) is 12.1 Å². The molecule has 1 aromatic carbocycles. The van der Waals surface area contributed by atoms with Crippen molar-refractivity contribution in [2.24, 2.45) is 5.41 Å². The molecular weight excluding hydrogens is 406 g/mol. The Morgan fingerprint density at radius 3 is 2.53 bits per heavy atom. The number of piperidine rings is 1. The monoisotopic (exact) mass is 443 g/mol. The fourth-order valence-electron chi connectivity index (χ4n) is 5.57. The van der Waals surface area contributed by atoms with Crippen LogP contribution in [0.15, 0.2) is 24.3 Å². The molecule has 7 heteroatoms. The molecule has 32 heavy (non-hydrogen) atoms. The predicted molar refractivity (Wildman–Crippen MR) is 123 cm³/mol. The van der Waals surface area contributed by atoms with Gasteiger partial charge in [0.2, 0.25) is 5.91 Å². The van der Waals surface area contributed by atoms with Gasteiger partial charge in [0.05, 0.1) is 23.6 Å². The lowest BCUT2D eigenvalue weighted by Crippen LogP contribution is -2.54. The summed E-state index contributed by atoms with van der Waals surface area (Å²) in [5.41, 5.74) is 0.159. The Kier molecular flexibility index (Phi) is 7.68. The molecule has 0 radical (unpaired) electrons. The summed E-state index contributed by atoms with van der Waals surface area (Å²) in [5, 5.41) is 16.6. The van der Waals surface area contributed by atoms with E-state index < -0.39 is 0 Å². The zero-order chi connectivity index (χ0) is 22.4. The number of para-hydroxylation sites is 1. The molecule has 2 unspecified atom stereocenters. The van der Waals surface area contributed by atoms with Crippen molar-refractivity contribution in [3.8, 4) is 5.75 Å². The fourth-order valence-corrected chi connectivity index (χ4v) is 5.57. The van der Waals surface area contributed by atoms with E-state index in [2.05, 4.69) is 15.5 Å². The average molecular weight is 444 g/mol. The highest BCUT2D eigenvalue weighted by molar-refractivity contribution is 5.96. The van der Waals surface area contributed by atoms with Gasteiger partial charge in [-0.15, -0.1) is 0 Å². The van der Waals surface area contributed by atoms with Crippen LogP contribution in [0.4, 0.5) is 0 Å². The molecule has 3 aliphatic rings. The summed E-state index contributed by atoms with van der Waals surface area (Å²) in [6, 6.07) is 7.47. The number of amides is 2. The van der Waals surface area contributed by atoms with Gasteiger partial charge in [0.1, 0.15) is 12.4 Å². The first-order valence-corrected chi connectivity index (χ1v) is 12.3. The lowest BCUT2D eigenvalue weighted by Gasteiger charge is -2.46. The maximum absolute atomic E-state index is 13.3. The molecule has 3 N–H and O–H groups in total. The van der Waals surface area contributed by atoms with Crippen LogP contribution in [0.5, 0.6) is 5.75 Å². The molecule has 1 aliphatic carbocycles. The van der Waals surface area contributed by atoms with Gasteiger partial charge in [0.15, 0.2) is 0 Å². The minimum atomic E-state index is -0.373. The number of hydrogen-bond donors (Lipinski definition) is 3. The highest BCUT2D eigenvalue weighted by atomic mass is 16.5. The molecule has 0 aromatic heterocycles. The van der Waals surface area contributed by atoms with Crippen LogP contribution in [0, 0.1) is 5.41 Å². The normalized spacial score (nSPS) is 28.0. The van der Waals surface area contributed by atoms with Gasteiger partial charge in [-0.1, -0.05) is 31.4 Å². The number of benzene rings is 1. The lowest BCUT2D eigenvalue weighted by atomic mass is 9.73. The third-order valence-electron chi connectivity index (χ3n) is 7.54. The third-order valence-corrected chi connectivity index (χ3v) is 7.54. The quantitative estimate of drug-likeness (QED) is 0.620. The number of aliphatic hydroxyl groups excluding tert-OH is 1. The molecule has 1 spiro atoms. The molecule has 0 bridgehead atoms. The average Bonchev–Trinajstić information content (AvgIpc) is 2.82. The van der Waals surface area contributed by atoms with Crippen LogP contribution in [-0.4, -0.2) is 66.8 Å². The fraction of sp³-hybridized carbons (Fsp3) is 0.680. The number of nitrogens with one attached hydrogen (secondary N) is 2. The van der Waals surface area contributed by atoms with Gasteiger partial charge in [0, 0.05) is 12.6 Å². The standard InChI is InChI=1S/C25H37N3O4/c29-21-9-3-2-8-20(21)28-16-12-25(13-17-28)11-5-6-14-26-23(30)19-7-1-4-10-22(19)32-18-15-27-24(25)31/h1,4,7,10,20-21,29H,2-3,5-6,8-9,11-18H2,(H,26,30)(H,27,31). The Balaban J connectivity index is 1.40. The topological polar surface area (TPSA) is 90.9 Å². The van der Waals surface area contributed by atoms with Crippen LogP contribution in [0.3, 0.4) is 0 Å². The van der Waals surface area contributed by atoms with E-state index in [4.69, 9.17) is 4.74 Å². The highest BCUT2D eigenvalue weighted by Gasteiger charge is 2.43. The molecular formula is C25H37N3O4. The first kappa shape index (κ1) is 23.1. The van der Waals surface area contributed by atoms with E-state index in [1.54, 1.807) is 12.1 Å². The SMILES string of the molecule is O=C1NCCCCC2(CCN(C3CCCCC3O)CC2)C(=O)NCCOc2ccccc21. The van der Waals surface area contributed by atoms with Crippen molar-refractivity contribution in [2.45, 2.75) is 69.9 Å². The molecule has 7 nitrogen and oxygen atoms in total. The van der Waals surface area contributed by atoms with E-state index in [9.17, 15) is 14.7 Å². The van der Waals surface area contributed by atoms with Crippen molar-refractivity contribution < 1.29 is 19.4 Å². The van der Waals surface area contributed by atoms with Crippen LogP contribution in [0.25, 0.3) is 0 Å². The third kappa shape index (κ3) is 5.26. The first-order chi connectivity index (χ1) is 15.6. The number of fused-ring (bicyclic) bond motifs is 1. The molecule has 2 amide bonds. The van der Waals surface area contributed by atoms with Gasteiger partial charge < -0.3 is 20.5 Å². The number of hydrogen-bond acceptors (Lipinski definition) is 5. The lowest BCUT2D eigenvalue weighted by molar-refractivity contribution is -0.135. The van der Waals surface area contributed by atoms with Crippen molar-refractivity contribution in [1.29, 1.82) is 0 Å². The molecule has 4 rings (SSSR count). The number of ether oxygens (including phenoxy) is 1. The Morgan fingerprint density at radius 2 is 1.72 bits per heavy atom. The van der Waals surface area contributed by atoms with Crippen LogP contribution in [-0.2, 0) is 4.79 Å². The summed E-state index contributed by atoms with van der Waals surface area (Å²) in [6.07, 6.45) is 8.20. The number of carbonyl (C=O) groups is 2. The number of rotatable bonds is 1. The van der Waals surface area contributed by atoms with E-state index in [1.165, 1.54) is 6.42 Å². The second kappa shape index (κ2) is 10.7. The summed E-state index contributed by atoms with van der Waals surface area (Å²) >= 11 is 0. The second-order valence-electron chi connectivity index (χ2n) is 9.55. The van der Waals surface area contributed by atoms with Gasteiger partial charge in [-0.25, -0.2) is 0 Å². The number of aliphatic hydroxyl groups is 1. The first-order valence-electron chi connectivity index (χ1n) is 12.3. The summed E-state index contributed by atoms with van der Waals surface area (Å²) in [4.78, 5) is 28.3. The van der Waals surface area contributed by atoms with E-state index in [0.717, 1.165) is 64.5 Å². The Labute approximate surface area is 190 Å². The van der Waals surface area contributed by atoms with Gasteiger partial charge in [-0.3, -0.25) is 14.5 Å².